The molecule has 3 N–H and O–H groups in total. The molecule has 2 atom stereocenters. The molecular formula is C12H19N3O2. The molecule has 0 aliphatic carbocycles. The average Bonchev–Trinajstić information content (AvgIpc) is 2.27. The van der Waals surface area contributed by atoms with E-state index < -0.39 is 0 Å². The molecule has 17 heavy (non-hydrogen) atoms. The van der Waals surface area contributed by atoms with Crippen LogP contribution < -0.4 is 11.1 Å². The smallest absolute Gasteiger partial charge is 0.269 e. The Bertz CT molecular complexity index is 363. The van der Waals surface area contributed by atoms with Gasteiger partial charge in [-0.25, -0.2) is 0 Å². The highest BCUT2D eigenvalue weighted by Crippen LogP contribution is 2.13. The Kier molecular flexibility index (Phi) is 5.06. The first-order valence-corrected chi connectivity index (χ1v) is 5.71. The second-order valence-electron chi connectivity index (χ2n) is 4.41. The zero-order valence-electron chi connectivity index (χ0n) is 10.2. The van der Waals surface area contributed by atoms with Crippen LogP contribution in [0, 0.1) is 10.1 Å². The lowest BCUT2D eigenvalue weighted by molar-refractivity contribution is -0.384. The number of rotatable bonds is 6. The van der Waals surface area contributed by atoms with Gasteiger partial charge >= 0.3 is 0 Å². The van der Waals surface area contributed by atoms with E-state index in [4.69, 9.17) is 5.73 Å². The van der Waals surface area contributed by atoms with Gasteiger partial charge in [-0.3, -0.25) is 10.1 Å². The summed E-state index contributed by atoms with van der Waals surface area (Å²) in [5.74, 6) is 0. The van der Waals surface area contributed by atoms with Crippen molar-refractivity contribution in [2.24, 2.45) is 5.73 Å². The van der Waals surface area contributed by atoms with E-state index in [2.05, 4.69) is 12.2 Å². The first-order chi connectivity index (χ1) is 7.99. The lowest BCUT2D eigenvalue weighted by Gasteiger charge is -2.15. The van der Waals surface area contributed by atoms with Gasteiger partial charge < -0.3 is 11.1 Å². The van der Waals surface area contributed by atoms with Gasteiger partial charge in [-0.1, -0.05) is 12.1 Å². The minimum atomic E-state index is -0.387. The molecule has 0 aromatic heterocycles. The molecular weight excluding hydrogens is 218 g/mol. The summed E-state index contributed by atoms with van der Waals surface area (Å²) in [6.07, 6.45) is 0.838. The predicted molar refractivity (Wildman–Crippen MR) is 67.9 cm³/mol. The monoisotopic (exact) mass is 237 g/mol. The Hall–Kier alpha value is -1.46. The maximum absolute atomic E-state index is 10.5. The Morgan fingerprint density at radius 2 is 1.94 bits per heavy atom. The van der Waals surface area contributed by atoms with Gasteiger partial charge in [0.2, 0.25) is 0 Å². The number of hydrogen-bond donors (Lipinski definition) is 2. The van der Waals surface area contributed by atoms with Gasteiger partial charge in [-0.2, -0.15) is 0 Å². The summed E-state index contributed by atoms with van der Waals surface area (Å²) in [6, 6.07) is 7.10. The first kappa shape index (κ1) is 13.6. The first-order valence-electron chi connectivity index (χ1n) is 5.71. The van der Waals surface area contributed by atoms with Crippen molar-refractivity contribution in [3.63, 3.8) is 0 Å². The molecule has 0 aliphatic rings. The molecule has 0 bridgehead atoms. The number of benzene rings is 1. The lowest BCUT2D eigenvalue weighted by Crippen LogP contribution is -2.37. The molecule has 0 radical (unpaired) electrons. The van der Waals surface area contributed by atoms with Crippen LogP contribution in [-0.4, -0.2) is 23.6 Å². The van der Waals surface area contributed by atoms with E-state index >= 15 is 0 Å². The Morgan fingerprint density at radius 1 is 1.35 bits per heavy atom. The van der Waals surface area contributed by atoms with Gasteiger partial charge in [-0.15, -0.1) is 0 Å². The van der Waals surface area contributed by atoms with Crippen LogP contribution in [0.5, 0.6) is 0 Å². The van der Waals surface area contributed by atoms with Crippen LogP contribution in [0.1, 0.15) is 19.4 Å². The van der Waals surface area contributed by atoms with Crippen LogP contribution in [-0.2, 0) is 6.42 Å². The fourth-order valence-electron chi connectivity index (χ4n) is 1.57. The zero-order valence-corrected chi connectivity index (χ0v) is 10.2. The number of hydrogen-bond acceptors (Lipinski definition) is 4. The fraction of sp³-hybridized carbons (Fsp3) is 0.500. The van der Waals surface area contributed by atoms with Gasteiger partial charge in [-0.05, 0) is 25.8 Å². The summed E-state index contributed by atoms with van der Waals surface area (Å²) in [5.41, 5.74) is 6.86. The SMILES string of the molecule is CC(N)CNC(C)Cc1ccc([N+](=O)[O-])cc1. The second kappa shape index (κ2) is 6.32. The van der Waals surface area contributed by atoms with Crippen LogP contribution >= 0.6 is 0 Å². The van der Waals surface area contributed by atoms with Crippen molar-refractivity contribution in [1.29, 1.82) is 0 Å². The normalized spacial score (nSPS) is 14.3. The van der Waals surface area contributed by atoms with Crippen molar-refractivity contribution in [3.05, 3.63) is 39.9 Å². The Morgan fingerprint density at radius 3 is 2.41 bits per heavy atom. The summed E-state index contributed by atoms with van der Waals surface area (Å²) < 4.78 is 0. The van der Waals surface area contributed by atoms with E-state index in [1.807, 2.05) is 6.92 Å². The van der Waals surface area contributed by atoms with Gasteiger partial charge in [0, 0.05) is 30.8 Å². The van der Waals surface area contributed by atoms with Crippen molar-refractivity contribution in [3.8, 4) is 0 Å². The van der Waals surface area contributed by atoms with E-state index in [0.29, 0.717) is 6.04 Å². The molecule has 0 saturated heterocycles. The molecule has 0 fully saturated rings. The molecule has 0 aliphatic heterocycles. The van der Waals surface area contributed by atoms with Crippen LogP contribution in [0.4, 0.5) is 5.69 Å². The van der Waals surface area contributed by atoms with Crippen molar-refractivity contribution < 1.29 is 4.92 Å². The van der Waals surface area contributed by atoms with Crippen molar-refractivity contribution >= 4 is 5.69 Å². The van der Waals surface area contributed by atoms with Crippen LogP contribution in [0.15, 0.2) is 24.3 Å². The quantitative estimate of drug-likeness (QED) is 0.579. The van der Waals surface area contributed by atoms with Crippen LogP contribution in [0.3, 0.4) is 0 Å². The molecule has 0 saturated carbocycles. The predicted octanol–water partition coefficient (Wildman–Crippen LogP) is 1.46. The molecule has 0 heterocycles. The molecule has 1 aromatic carbocycles. The van der Waals surface area contributed by atoms with Crippen molar-refractivity contribution in [2.75, 3.05) is 6.54 Å². The summed E-state index contributed by atoms with van der Waals surface area (Å²) in [7, 11) is 0. The average molecular weight is 237 g/mol. The van der Waals surface area contributed by atoms with E-state index in [1.54, 1.807) is 12.1 Å². The minimum Gasteiger partial charge on any atom is -0.327 e. The maximum Gasteiger partial charge on any atom is 0.269 e. The van der Waals surface area contributed by atoms with E-state index in [0.717, 1.165) is 18.5 Å². The molecule has 0 spiro atoms. The molecule has 5 nitrogen and oxygen atoms in total. The summed E-state index contributed by atoms with van der Waals surface area (Å²) in [6.45, 7) is 4.80. The van der Waals surface area contributed by atoms with Crippen molar-refractivity contribution in [1.82, 2.24) is 5.32 Å². The summed E-state index contributed by atoms with van der Waals surface area (Å²) in [4.78, 5) is 10.1. The highest BCUT2D eigenvalue weighted by Gasteiger charge is 2.07. The molecule has 2 unspecified atom stereocenters. The molecule has 1 aromatic rings. The number of nitrogens with zero attached hydrogens (tertiary/aromatic N) is 1. The Labute approximate surface area is 101 Å². The number of nitrogens with one attached hydrogen (secondary N) is 1. The van der Waals surface area contributed by atoms with E-state index in [1.165, 1.54) is 12.1 Å². The standard InChI is InChI=1S/C12H19N3O2/c1-9(13)8-14-10(2)7-11-3-5-12(6-4-11)15(16)17/h3-6,9-10,14H,7-8,13H2,1-2H3. The number of non-ortho nitro benzene ring substituents is 1. The molecule has 5 heteroatoms. The van der Waals surface area contributed by atoms with Gasteiger partial charge in [0.25, 0.3) is 5.69 Å². The fourth-order valence-corrected chi connectivity index (χ4v) is 1.57. The van der Waals surface area contributed by atoms with E-state index in [9.17, 15) is 10.1 Å². The Balaban J connectivity index is 2.48. The van der Waals surface area contributed by atoms with Gasteiger partial charge in [0.05, 0.1) is 4.92 Å². The van der Waals surface area contributed by atoms with Crippen LogP contribution in [0.2, 0.25) is 0 Å². The minimum absolute atomic E-state index is 0.130. The van der Waals surface area contributed by atoms with Gasteiger partial charge in [0.15, 0.2) is 0 Å². The number of nitrogens with two attached hydrogens (primary N) is 1. The third kappa shape index (κ3) is 4.93. The second-order valence-corrected chi connectivity index (χ2v) is 4.41. The number of nitro groups is 1. The highest BCUT2D eigenvalue weighted by molar-refractivity contribution is 5.33. The third-order valence-electron chi connectivity index (χ3n) is 2.48. The largest absolute Gasteiger partial charge is 0.327 e. The zero-order chi connectivity index (χ0) is 12.8. The van der Waals surface area contributed by atoms with E-state index in [-0.39, 0.29) is 16.7 Å². The summed E-state index contributed by atoms with van der Waals surface area (Å²) in [5, 5.41) is 13.8. The highest BCUT2D eigenvalue weighted by atomic mass is 16.6. The molecule has 1 rings (SSSR count). The lowest BCUT2D eigenvalue weighted by atomic mass is 10.1. The maximum atomic E-state index is 10.5. The molecule has 0 amide bonds. The third-order valence-corrected chi connectivity index (χ3v) is 2.48. The molecule has 94 valence electrons. The topological polar surface area (TPSA) is 81.2 Å². The van der Waals surface area contributed by atoms with Crippen LogP contribution in [0.25, 0.3) is 0 Å². The van der Waals surface area contributed by atoms with Gasteiger partial charge in [0.1, 0.15) is 0 Å². The van der Waals surface area contributed by atoms with Crippen molar-refractivity contribution in [2.45, 2.75) is 32.4 Å². The summed E-state index contributed by atoms with van der Waals surface area (Å²) >= 11 is 0. The number of nitro benzene ring substituents is 1.